The van der Waals surface area contributed by atoms with Crippen LogP contribution in [0.2, 0.25) is 0 Å². The maximum absolute atomic E-state index is 12.8. The Morgan fingerprint density at radius 1 is 0.580 bits per heavy atom. The molecule has 0 atom stereocenters. The van der Waals surface area contributed by atoms with Crippen LogP contribution in [0.3, 0.4) is 0 Å². The van der Waals surface area contributed by atoms with E-state index in [0.717, 1.165) is 16.8 Å². The van der Waals surface area contributed by atoms with E-state index in [9.17, 15) is 14.4 Å². The molecule has 0 N–H and O–H groups in total. The Morgan fingerprint density at radius 2 is 1.02 bits per heavy atom. The Balaban J connectivity index is 1.12. The molecule has 0 aromatic heterocycles. The molecule has 0 saturated heterocycles. The highest BCUT2D eigenvalue weighted by atomic mass is 16.5. The van der Waals surface area contributed by atoms with Crippen molar-refractivity contribution >= 4 is 41.7 Å². The molecule has 50 heavy (non-hydrogen) atoms. The predicted molar refractivity (Wildman–Crippen MR) is 191 cm³/mol. The first-order valence-corrected chi connectivity index (χ1v) is 15.6. The zero-order chi connectivity index (χ0) is 35.3. The quantitative estimate of drug-likeness (QED) is 0.0602. The fraction of sp³-hybridized carbons (Fsp3) is 0.0976. The van der Waals surface area contributed by atoms with Gasteiger partial charge in [0.2, 0.25) is 0 Å². The molecule has 9 nitrogen and oxygen atoms in total. The monoisotopic (exact) mass is 664 g/mol. The largest absolute Gasteiger partial charge is 0.459 e. The molecular formula is C41H32N2O7. The number of rotatable bonds is 11. The normalized spacial score (nSPS) is 10.8. The minimum atomic E-state index is -0.576. The second kappa shape index (κ2) is 16.9. The van der Waals surface area contributed by atoms with Crippen LogP contribution in [0.25, 0.3) is 0 Å². The van der Waals surface area contributed by atoms with Crippen molar-refractivity contribution in [2.45, 2.75) is 26.9 Å². The van der Waals surface area contributed by atoms with Crippen molar-refractivity contribution < 1.29 is 33.3 Å². The first-order chi connectivity index (χ1) is 24.2. The summed E-state index contributed by atoms with van der Waals surface area (Å²) in [6, 6.07) is 33.8. The third-order valence-corrected chi connectivity index (χ3v) is 6.80. The number of aliphatic imine (C=N–C) groups is 2. The molecule has 248 valence electrons. The number of ether oxygens (including phenoxy) is 4. The predicted octanol–water partition coefficient (Wildman–Crippen LogP) is 8.55. The van der Waals surface area contributed by atoms with Gasteiger partial charge in [-0.05, 0) is 110 Å². The zero-order valence-corrected chi connectivity index (χ0v) is 27.5. The first-order valence-electron chi connectivity index (χ1n) is 15.6. The van der Waals surface area contributed by atoms with E-state index >= 15 is 0 Å². The fourth-order valence-electron chi connectivity index (χ4n) is 4.32. The van der Waals surface area contributed by atoms with Crippen molar-refractivity contribution in [2.75, 3.05) is 0 Å². The number of hydrogen-bond donors (Lipinski definition) is 0. The minimum Gasteiger partial charge on any atom is -0.459 e. The van der Waals surface area contributed by atoms with Crippen molar-refractivity contribution in [3.05, 3.63) is 149 Å². The highest BCUT2D eigenvalue weighted by Gasteiger charge is 2.13. The highest BCUT2D eigenvalue weighted by Crippen LogP contribution is 2.23. The SMILES string of the molecule is CC#COc1ccc(/N=C/c2ccc(C(=O)Oc3cccc(OC(=O)c4ccc(/C=N/c5ccc(C(=O)OC(C)C)cc5)cc4)c3)cc2)cc1. The van der Waals surface area contributed by atoms with E-state index in [-0.39, 0.29) is 23.6 Å². The molecule has 0 aliphatic carbocycles. The molecule has 5 aromatic rings. The maximum Gasteiger partial charge on any atom is 0.343 e. The van der Waals surface area contributed by atoms with E-state index in [4.69, 9.17) is 18.9 Å². The topological polar surface area (TPSA) is 113 Å². The Kier molecular flexibility index (Phi) is 11.6. The van der Waals surface area contributed by atoms with E-state index in [1.165, 1.54) is 6.07 Å². The average molecular weight is 665 g/mol. The van der Waals surface area contributed by atoms with Gasteiger partial charge in [-0.1, -0.05) is 36.3 Å². The summed E-state index contributed by atoms with van der Waals surface area (Å²) in [4.78, 5) is 46.5. The van der Waals surface area contributed by atoms with Crippen molar-refractivity contribution in [1.82, 2.24) is 0 Å². The fourth-order valence-corrected chi connectivity index (χ4v) is 4.32. The number of hydrogen-bond acceptors (Lipinski definition) is 9. The van der Waals surface area contributed by atoms with E-state index in [0.29, 0.717) is 28.1 Å². The number of nitrogens with zero attached hydrogens (tertiary/aromatic N) is 2. The molecule has 0 bridgehead atoms. The summed E-state index contributed by atoms with van der Waals surface area (Å²) in [5.74, 6) is 2.21. The van der Waals surface area contributed by atoms with Gasteiger partial charge in [-0.3, -0.25) is 9.98 Å². The summed E-state index contributed by atoms with van der Waals surface area (Å²) in [5.41, 5.74) is 4.07. The second-order valence-electron chi connectivity index (χ2n) is 11.0. The summed E-state index contributed by atoms with van der Waals surface area (Å²) in [7, 11) is 0. The zero-order valence-electron chi connectivity index (χ0n) is 27.5. The van der Waals surface area contributed by atoms with Crippen LogP contribution >= 0.6 is 0 Å². The van der Waals surface area contributed by atoms with Crippen molar-refractivity contribution in [2.24, 2.45) is 9.98 Å². The lowest BCUT2D eigenvalue weighted by Gasteiger charge is -2.08. The third kappa shape index (κ3) is 10.1. The summed E-state index contributed by atoms with van der Waals surface area (Å²) < 4.78 is 21.5. The molecule has 0 aliphatic heterocycles. The van der Waals surface area contributed by atoms with Gasteiger partial charge >= 0.3 is 17.9 Å². The van der Waals surface area contributed by atoms with Crippen molar-refractivity contribution in [1.29, 1.82) is 0 Å². The van der Waals surface area contributed by atoms with Gasteiger partial charge < -0.3 is 18.9 Å². The van der Waals surface area contributed by atoms with Crippen LogP contribution in [0.4, 0.5) is 11.4 Å². The number of benzene rings is 5. The summed E-state index contributed by atoms with van der Waals surface area (Å²) in [5, 5.41) is 0. The van der Waals surface area contributed by atoms with E-state index in [1.54, 1.807) is 136 Å². The highest BCUT2D eigenvalue weighted by molar-refractivity contribution is 5.94. The molecule has 0 heterocycles. The van der Waals surface area contributed by atoms with E-state index < -0.39 is 11.9 Å². The molecule has 0 radical (unpaired) electrons. The molecule has 0 spiro atoms. The number of esters is 3. The Bertz CT molecular complexity index is 2070. The van der Waals surface area contributed by atoms with Gasteiger partial charge in [0.25, 0.3) is 0 Å². The van der Waals surface area contributed by atoms with E-state index in [1.807, 2.05) is 12.1 Å². The van der Waals surface area contributed by atoms with Crippen LogP contribution in [-0.2, 0) is 4.74 Å². The van der Waals surface area contributed by atoms with Gasteiger partial charge in [0.15, 0.2) is 0 Å². The van der Waals surface area contributed by atoms with Gasteiger partial charge in [0.05, 0.1) is 34.2 Å². The Morgan fingerprint density at radius 3 is 1.48 bits per heavy atom. The number of carbonyl (C=O) groups excluding carboxylic acids is 3. The molecule has 0 unspecified atom stereocenters. The molecule has 0 fully saturated rings. The van der Waals surface area contributed by atoms with Gasteiger partial charge in [0.1, 0.15) is 23.4 Å². The molecule has 5 aromatic carbocycles. The minimum absolute atomic E-state index is 0.197. The van der Waals surface area contributed by atoms with Crippen LogP contribution in [0.5, 0.6) is 17.2 Å². The van der Waals surface area contributed by atoms with Gasteiger partial charge in [-0.15, -0.1) is 0 Å². The standard InChI is InChI=1S/C41H32N2O7/c1-4-24-47-36-22-20-35(21-23-36)43-27-30-10-14-32(15-11-30)41(46)50-38-7-5-6-37(25-38)49-40(45)31-12-8-29(9-13-31)26-42-34-18-16-33(17-19-34)39(44)48-28(2)3/h5-23,25-28H,1-3H3/b42-26+,43-27+. The maximum atomic E-state index is 12.8. The molecule has 9 heteroatoms. The van der Waals surface area contributed by atoms with E-state index in [2.05, 4.69) is 22.0 Å². The van der Waals surface area contributed by atoms with Crippen molar-refractivity contribution in [3.8, 4) is 29.3 Å². The van der Waals surface area contributed by atoms with Crippen LogP contribution in [0.15, 0.2) is 131 Å². The molecule has 5 rings (SSSR count). The summed E-state index contributed by atoms with van der Waals surface area (Å²) >= 11 is 0. The molecular weight excluding hydrogens is 632 g/mol. The van der Waals surface area contributed by atoms with Gasteiger partial charge in [-0.2, -0.15) is 0 Å². The smallest absolute Gasteiger partial charge is 0.343 e. The van der Waals surface area contributed by atoms with Crippen molar-refractivity contribution in [3.63, 3.8) is 0 Å². The lowest BCUT2D eigenvalue weighted by atomic mass is 10.1. The Labute approximate surface area is 289 Å². The average Bonchev–Trinajstić information content (AvgIpc) is 3.13. The summed E-state index contributed by atoms with van der Waals surface area (Å²) in [6.07, 6.45) is 5.68. The third-order valence-electron chi connectivity index (χ3n) is 6.80. The first kappa shape index (κ1) is 34.5. The molecule has 0 saturated carbocycles. The summed E-state index contributed by atoms with van der Waals surface area (Å²) in [6.45, 7) is 5.29. The van der Waals surface area contributed by atoms with Crippen LogP contribution in [0.1, 0.15) is 63.0 Å². The lowest BCUT2D eigenvalue weighted by molar-refractivity contribution is 0.0377. The van der Waals surface area contributed by atoms with Gasteiger partial charge in [-0.25, -0.2) is 14.4 Å². The number of carbonyl (C=O) groups is 3. The Hall–Kier alpha value is -6.79. The molecule has 0 amide bonds. The van der Waals surface area contributed by atoms with Crippen LogP contribution in [0, 0.1) is 12.0 Å². The van der Waals surface area contributed by atoms with Gasteiger partial charge in [0, 0.05) is 25.4 Å². The second-order valence-corrected chi connectivity index (χ2v) is 11.0. The van der Waals surface area contributed by atoms with Crippen LogP contribution in [-0.4, -0.2) is 36.4 Å². The van der Waals surface area contributed by atoms with Crippen LogP contribution < -0.4 is 14.2 Å². The lowest BCUT2D eigenvalue weighted by Crippen LogP contribution is -2.11. The molecule has 0 aliphatic rings.